The first kappa shape index (κ1) is 16.7. The standard InChI is InChI=1S/C13H26N2O3/c1-5-6-7-10-15(4)12(18)14-13(2,3)9-8-11(16)17/h5-10H2,1-4H3,(H,14,18)(H,16,17). The molecule has 0 radical (unpaired) electrons. The summed E-state index contributed by atoms with van der Waals surface area (Å²) in [5.74, 6) is -0.839. The van der Waals surface area contributed by atoms with Crippen molar-refractivity contribution in [2.45, 2.75) is 58.4 Å². The second-order valence-corrected chi connectivity index (χ2v) is 5.34. The van der Waals surface area contributed by atoms with Crippen LogP contribution in [0.2, 0.25) is 0 Å². The first-order valence-electron chi connectivity index (χ1n) is 6.53. The van der Waals surface area contributed by atoms with Crippen molar-refractivity contribution < 1.29 is 14.7 Å². The molecular weight excluding hydrogens is 232 g/mol. The van der Waals surface area contributed by atoms with Crippen LogP contribution in [-0.4, -0.2) is 41.1 Å². The van der Waals surface area contributed by atoms with E-state index in [0.29, 0.717) is 6.42 Å². The van der Waals surface area contributed by atoms with Crippen molar-refractivity contribution in [3.05, 3.63) is 0 Å². The van der Waals surface area contributed by atoms with E-state index >= 15 is 0 Å². The molecular formula is C13H26N2O3. The van der Waals surface area contributed by atoms with Gasteiger partial charge < -0.3 is 15.3 Å². The van der Waals surface area contributed by atoms with Crippen molar-refractivity contribution in [3.63, 3.8) is 0 Å². The van der Waals surface area contributed by atoms with Crippen molar-refractivity contribution >= 4 is 12.0 Å². The van der Waals surface area contributed by atoms with Crippen LogP contribution in [0.4, 0.5) is 4.79 Å². The first-order chi connectivity index (χ1) is 8.28. The number of amides is 2. The zero-order valence-corrected chi connectivity index (χ0v) is 12.0. The van der Waals surface area contributed by atoms with Gasteiger partial charge in [-0.2, -0.15) is 0 Å². The minimum absolute atomic E-state index is 0.0623. The summed E-state index contributed by atoms with van der Waals surface area (Å²) in [7, 11) is 1.76. The second-order valence-electron chi connectivity index (χ2n) is 5.34. The molecule has 0 heterocycles. The Morgan fingerprint density at radius 1 is 1.28 bits per heavy atom. The van der Waals surface area contributed by atoms with Crippen LogP contribution < -0.4 is 5.32 Å². The van der Waals surface area contributed by atoms with Crippen molar-refractivity contribution in [3.8, 4) is 0 Å². The van der Waals surface area contributed by atoms with Gasteiger partial charge in [-0.15, -0.1) is 0 Å². The minimum atomic E-state index is -0.839. The number of hydrogen-bond acceptors (Lipinski definition) is 2. The molecule has 5 heteroatoms. The lowest BCUT2D eigenvalue weighted by atomic mass is 9.99. The third-order valence-electron chi connectivity index (χ3n) is 2.85. The van der Waals surface area contributed by atoms with Gasteiger partial charge in [0, 0.05) is 25.6 Å². The van der Waals surface area contributed by atoms with Crippen LogP contribution in [0.3, 0.4) is 0 Å². The number of carboxylic acids is 1. The molecule has 0 aromatic heterocycles. The maximum absolute atomic E-state index is 11.9. The van der Waals surface area contributed by atoms with Crippen molar-refractivity contribution in [2.75, 3.05) is 13.6 Å². The normalized spacial score (nSPS) is 11.1. The molecule has 0 aliphatic rings. The lowest BCUT2D eigenvalue weighted by Crippen LogP contribution is -2.49. The molecule has 0 rings (SSSR count). The molecule has 5 nitrogen and oxygen atoms in total. The predicted molar refractivity (Wildman–Crippen MR) is 71.6 cm³/mol. The number of carboxylic acid groups (broad SMARTS) is 1. The smallest absolute Gasteiger partial charge is 0.317 e. The SMILES string of the molecule is CCCCCN(C)C(=O)NC(C)(C)CCC(=O)O. The van der Waals surface area contributed by atoms with Gasteiger partial charge in [-0.05, 0) is 26.7 Å². The molecule has 0 aromatic carbocycles. The second kappa shape index (κ2) is 7.95. The Labute approximate surface area is 110 Å². The molecule has 0 unspecified atom stereocenters. The van der Waals surface area contributed by atoms with Crippen molar-refractivity contribution in [1.29, 1.82) is 0 Å². The average Bonchev–Trinajstić information content (AvgIpc) is 2.26. The highest BCUT2D eigenvalue weighted by Crippen LogP contribution is 2.11. The Bertz CT molecular complexity index is 277. The zero-order valence-electron chi connectivity index (χ0n) is 12.0. The summed E-state index contributed by atoms with van der Waals surface area (Å²) in [5.41, 5.74) is -0.492. The summed E-state index contributed by atoms with van der Waals surface area (Å²) in [6, 6.07) is -0.138. The van der Waals surface area contributed by atoms with Gasteiger partial charge in [0.25, 0.3) is 0 Å². The fraction of sp³-hybridized carbons (Fsp3) is 0.846. The monoisotopic (exact) mass is 258 g/mol. The molecule has 0 bridgehead atoms. The van der Waals surface area contributed by atoms with Crippen LogP contribution in [0.1, 0.15) is 52.9 Å². The van der Waals surface area contributed by atoms with Gasteiger partial charge in [0.2, 0.25) is 0 Å². The number of nitrogens with zero attached hydrogens (tertiary/aromatic N) is 1. The Kier molecular flexibility index (Phi) is 7.39. The predicted octanol–water partition coefficient (Wildman–Crippen LogP) is 2.46. The maximum atomic E-state index is 11.9. The summed E-state index contributed by atoms with van der Waals surface area (Å²) < 4.78 is 0. The topological polar surface area (TPSA) is 69.6 Å². The largest absolute Gasteiger partial charge is 0.481 e. The fourth-order valence-corrected chi connectivity index (χ4v) is 1.57. The van der Waals surface area contributed by atoms with E-state index in [1.807, 2.05) is 13.8 Å². The van der Waals surface area contributed by atoms with Gasteiger partial charge >= 0.3 is 12.0 Å². The highest BCUT2D eigenvalue weighted by molar-refractivity contribution is 5.74. The van der Waals surface area contributed by atoms with Gasteiger partial charge in [0.1, 0.15) is 0 Å². The summed E-state index contributed by atoms with van der Waals surface area (Å²) >= 11 is 0. The van der Waals surface area contributed by atoms with Gasteiger partial charge in [-0.25, -0.2) is 4.79 Å². The van der Waals surface area contributed by atoms with Crippen LogP contribution >= 0.6 is 0 Å². The van der Waals surface area contributed by atoms with E-state index in [9.17, 15) is 9.59 Å². The van der Waals surface area contributed by atoms with Gasteiger partial charge in [0.05, 0.1) is 0 Å². The molecule has 106 valence electrons. The Morgan fingerprint density at radius 2 is 1.89 bits per heavy atom. The van der Waals surface area contributed by atoms with Crippen molar-refractivity contribution in [1.82, 2.24) is 10.2 Å². The lowest BCUT2D eigenvalue weighted by Gasteiger charge is -2.29. The van der Waals surface area contributed by atoms with E-state index in [1.54, 1.807) is 11.9 Å². The Balaban J connectivity index is 4.07. The van der Waals surface area contributed by atoms with Crippen LogP contribution in [0.5, 0.6) is 0 Å². The molecule has 0 fully saturated rings. The van der Waals surface area contributed by atoms with E-state index in [-0.39, 0.29) is 12.5 Å². The highest BCUT2D eigenvalue weighted by Gasteiger charge is 2.22. The number of aliphatic carboxylic acids is 1. The number of carbonyl (C=O) groups is 2. The highest BCUT2D eigenvalue weighted by atomic mass is 16.4. The number of urea groups is 1. The van der Waals surface area contributed by atoms with Gasteiger partial charge in [0.15, 0.2) is 0 Å². The molecule has 0 aliphatic heterocycles. The van der Waals surface area contributed by atoms with E-state index in [0.717, 1.165) is 25.8 Å². The van der Waals surface area contributed by atoms with E-state index in [2.05, 4.69) is 12.2 Å². The summed E-state index contributed by atoms with van der Waals surface area (Å²) in [4.78, 5) is 24.0. The molecule has 2 N–H and O–H groups in total. The Morgan fingerprint density at radius 3 is 2.39 bits per heavy atom. The quantitative estimate of drug-likeness (QED) is 0.657. The fourth-order valence-electron chi connectivity index (χ4n) is 1.57. The van der Waals surface area contributed by atoms with Crippen LogP contribution in [0.15, 0.2) is 0 Å². The molecule has 2 amide bonds. The molecule has 0 saturated heterocycles. The molecule has 0 saturated carbocycles. The van der Waals surface area contributed by atoms with Crippen molar-refractivity contribution in [2.24, 2.45) is 0 Å². The van der Waals surface area contributed by atoms with Crippen LogP contribution in [0, 0.1) is 0 Å². The van der Waals surface area contributed by atoms with Gasteiger partial charge in [-0.3, -0.25) is 4.79 Å². The number of hydrogen-bond donors (Lipinski definition) is 2. The summed E-state index contributed by atoms with van der Waals surface area (Å²) in [6.07, 6.45) is 3.72. The molecule has 0 atom stereocenters. The zero-order chi connectivity index (χ0) is 14.2. The minimum Gasteiger partial charge on any atom is -0.481 e. The Hall–Kier alpha value is -1.26. The van der Waals surface area contributed by atoms with Crippen LogP contribution in [-0.2, 0) is 4.79 Å². The third-order valence-corrected chi connectivity index (χ3v) is 2.85. The summed E-state index contributed by atoms with van der Waals surface area (Å²) in [5, 5.41) is 11.5. The average molecular weight is 258 g/mol. The molecule has 0 aromatic rings. The van der Waals surface area contributed by atoms with E-state index < -0.39 is 11.5 Å². The van der Waals surface area contributed by atoms with Crippen LogP contribution in [0.25, 0.3) is 0 Å². The first-order valence-corrected chi connectivity index (χ1v) is 6.53. The molecule has 0 spiro atoms. The maximum Gasteiger partial charge on any atom is 0.317 e. The van der Waals surface area contributed by atoms with E-state index in [4.69, 9.17) is 5.11 Å². The molecule has 0 aliphatic carbocycles. The molecule has 18 heavy (non-hydrogen) atoms. The third kappa shape index (κ3) is 7.92. The number of rotatable bonds is 8. The summed E-state index contributed by atoms with van der Waals surface area (Å²) in [6.45, 7) is 6.53. The number of unbranched alkanes of at least 4 members (excludes halogenated alkanes) is 2. The van der Waals surface area contributed by atoms with E-state index in [1.165, 1.54) is 0 Å². The van der Waals surface area contributed by atoms with Gasteiger partial charge in [-0.1, -0.05) is 19.8 Å². The lowest BCUT2D eigenvalue weighted by molar-refractivity contribution is -0.137. The number of nitrogens with one attached hydrogen (secondary N) is 1. The number of carbonyl (C=O) groups excluding carboxylic acids is 1.